The van der Waals surface area contributed by atoms with Gasteiger partial charge in [-0.25, -0.2) is 0 Å². The molecule has 37 heavy (non-hydrogen) atoms. The Labute approximate surface area is 217 Å². The Bertz CT molecular complexity index is 1380. The van der Waals surface area contributed by atoms with E-state index in [4.69, 9.17) is 17.3 Å². The highest BCUT2D eigenvalue weighted by Gasteiger charge is 2.45. The molecule has 3 aromatic carbocycles. The number of fused-ring (bicyclic) bond motifs is 1. The van der Waals surface area contributed by atoms with Crippen molar-refractivity contribution in [1.82, 2.24) is 0 Å². The van der Waals surface area contributed by atoms with Gasteiger partial charge in [-0.3, -0.25) is 4.79 Å². The van der Waals surface area contributed by atoms with E-state index in [1.807, 2.05) is 30.1 Å². The smallest absolute Gasteiger partial charge is 0.406 e. The molecule has 1 heterocycles. The SMILES string of the molecule is C=C(c1cccc(OC(F)(F)F)c1)N(C)c1ccc(-c2cc(C(N)=O)ccc2Cl)cc1N1CC2CC2C1. The lowest BCUT2D eigenvalue weighted by atomic mass is 10.0. The van der Waals surface area contributed by atoms with Gasteiger partial charge in [-0.05, 0) is 66.3 Å². The van der Waals surface area contributed by atoms with Gasteiger partial charge in [0.2, 0.25) is 5.91 Å². The van der Waals surface area contributed by atoms with Crippen LogP contribution in [0, 0.1) is 11.8 Å². The van der Waals surface area contributed by atoms with Gasteiger partial charge in [0.05, 0.1) is 11.4 Å². The minimum absolute atomic E-state index is 0.307. The fraction of sp³-hybridized carbons (Fsp3) is 0.250. The molecule has 1 aliphatic carbocycles. The van der Waals surface area contributed by atoms with Crippen molar-refractivity contribution in [2.45, 2.75) is 12.8 Å². The summed E-state index contributed by atoms with van der Waals surface area (Å²) >= 11 is 6.49. The summed E-state index contributed by atoms with van der Waals surface area (Å²) < 4.78 is 42.3. The summed E-state index contributed by atoms with van der Waals surface area (Å²) in [5, 5.41) is 0.493. The zero-order valence-electron chi connectivity index (χ0n) is 20.1. The molecule has 0 radical (unpaired) electrons. The van der Waals surface area contributed by atoms with Crippen molar-refractivity contribution in [2.75, 3.05) is 29.9 Å². The van der Waals surface area contributed by atoms with E-state index in [2.05, 4.69) is 16.2 Å². The molecule has 2 unspecified atom stereocenters. The minimum atomic E-state index is -4.78. The highest BCUT2D eigenvalue weighted by molar-refractivity contribution is 6.33. The van der Waals surface area contributed by atoms with Gasteiger partial charge in [0, 0.05) is 47.5 Å². The maximum Gasteiger partial charge on any atom is 0.573 e. The molecular formula is C28H25ClF3N3O2. The molecule has 2 aliphatic rings. The van der Waals surface area contributed by atoms with E-state index in [0.717, 1.165) is 30.0 Å². The van der Waals surface area contributed by atoms with E-state index in [1.54, 1.807) is 24.3 Å². The molecule has 3 aromatic rings. The molecule has 9 heteroatoms. The van der Waals surface area contributed by atoms with Crippen LogP contribution in [0.2, 0.25) is 5.02 Å². The van der Waals surface area contributed by atoms with Crippen molar-refractivity contribution in [3.63, 3.8) is 0 Å². The number of nitrogens with zero attached hydrogens (tertiary/aromatic N) is 2. The summed E-state index contributed by atoms with van der Waals surface area (Å²) in [4.78, 5) is 15.9. The van der Waals surface area contributed by atoms with E-state index in [-0.39, 0.29) is 5.75 Å². The standard InChI is InChI=1S/C28H25ClF3N3O2/c1-16(17-4-3-5-22(11-17)37-28(30,31)32)34(2)25-9-7-18(13-26(25)35-14-20-10-21(20)15-35)23-12-19(27(33)36)6-8-24(23)29/h3-9,11-13,20-21H,1,10,14-15H2,2H3,(H2,33,36). The summed E-state index contributed by atoms with van der Waals surface area (Å²) in [5.74, 6) is 0.492. The number of nitrogens with two attached hydrogens (primary N) is 1. The second-order valence-corrected chi connectivity index (χ2v) is 9.91. The number of anilines is 2. The predicted molar refractivity (Wildman–Crippen MR) is 140 cm³/mol. The van der Waals surface area contributed by atoms with E-state index < -0.39 is 12.3 Å². The summed E-state index contributed by atoms with van der Waals surface area (Å²) in [6.45, 7) is 6.00. The number of carbonyl (C=O) groups excluding carboxylic acids is 1. The summed E-state index contributed by atoms with van der Waals surface area (Å²) in [5.41, 5.74) is 10.2. The number of primary amides is 1. The largest absolute Gasteiger partial charge is 0.573 e. The van der Waals surface area contributed by atoms with Gasteiger partial charge in [-0.15, -0.1) is 13.2 Å². The van der Waals surface area contributed by atoms with E-state index in [1.165, 1.54) is 24.6 Å². The summed E-state index contributed by atoms with van der Waals surface area (Å²) in [6, 6.07) is 16.5. The number of benzene rings is 3. The van der Waals surface area contributed by atoms with E-state index >= 15 is 0 Å². The molecule has 5 nitrogen and oxygen atoms in total. The molecule has 2 fully saturated rings. The van der Waals surface area contributed by atoms with E-state index in [9.17, 15) is 18.0 Å². The average Bonchev–Trinajstić information content (AvgIpc) is 3.46. The minimum Gasteiger partial charge on any atom is -0.406 e. The normalized spacial score (nSPS) is 18.4. The van der Waals surface area contributed by atoms with Crippen LogP contribution in [0.5, 0.6) is 5.75 Å². The van der Waals surface area contributed by atoms with Crippen LogP contribution >= 0.6 is 11.6 Å². The number of alkyl halides is 3. The molecule has 1 aliphatic heterocycles. The van der Waals surface area contributed by atoms with Gasteiger partial charge < -0.3 is 20.3 Å². The van der Waals surface area contributed by atoms with Gasteiger partial charge in [0.15, 0.2) is 0 Å². The van der Waals surface area contributed by atoms with Crippen molar-refractivity contribution in [3.8, 4) is 16.9 Å². The van der Waals surface area contributed by atoms with Crippen molar-refractivity contribution < 1.29 is 22.7 Å². The lowest BCUT2D eigenvalue weighted by Gasteiger charge is -2.30. The number of ether oxygens (including phenoxy) is 1. The van der Waals surface area contributed by atoms with Crippen LogP contribution in [0.1, 0.15) is 22.3 Å². The number of amides is 1. The first-order valence-corrected chi connectivity index (χ1v) is 12.2. The highest BCUT2D eigenvalue weighted by atomic mass is 35.5. The fourth-order valence-corrected chi connectivity index (χ4v) is 5.16. The first-order chi connectivity index (χ1) is 17.5. The number of piperidine rings is 1. The highest BCUT2D eigenvalue weighted by Crippen LogP contribution is 2.49. The number of hydrogen-bond acceptors (Lipinski definition) is 4. The summed E-state index contributed by atoms with van der Waals surface area (Å²) in [7, 11) is 1.83. The van der Waals surface area contributed by atoms with Crippen LogP contribution in [0.3, 0.4) is 0 Å². The zero-order chi connectivity index (χ0) is 26.5. The van der Waals surface area contributed by atoms with Crippen LogP contribution in [0.15, 0.2) is 67.2 Å². The number of halogens is 4. The molecule has 0 bridgehead atoms. The number of carbonyl (C=O) groups is 1. The second kappa shape index (κ2) is 9.34. The Balaban J connectivity index is 1.52. The van der Waals surface area contributed by atoms with Crippen molar-refractivity contribution in [2.24, 2.45) is 17.6 Å². The van der Waals surface area contributed by atoms with Crippen LogP contribution in [-0.4, -0.2) is 32.4 Å². The third-order valence-electron chi connectivity index (χ3n) is 7.02. The molecule has 1 saturated carbocycles. The van der Waals surface area contributed by atoms with Crippen LogP contribution in [0.4, 0.5) is 24.5 Å². The Morgan fingerprint density at radius 2 is 1.81 bits per heavy atom. The Kier molecular flexibility index (Phi) is 6.31. The second-order valence-electron chi connectivity index (χ2n) is 9.50. The maximum absolute atomic E-state index is 12.7. The van der Waals surface area contributed by atoms with Crippen LogP contribution in [-0.2, 0) is 0 Å². The average molecular weight is 528 g/mol. The summed E-state index contributed by atoms with van der Waals surface area (Å²) in [6.07, 6.45) is -3.55. The third-order valence-corrected chi connectivity index (χ3v) is 7.35. The molecule has 2 atom stereocenters. The first-order valence-electron chi connectivity index (χ1n) is 11.8. The quantitative estimate of drug-likeness (QED) is 0.377. The molecule has 5 rings (SSSR count). The van der Waals surface area contributed by atoms with Crippen molar-refractivity contribution >= 4 is 34.6 Å². The Morgan fingerprint density at radius 3 is 2.49 bits per heavy atom. The fourth-order valence-electron chi connectivity index (χ4n) is 4.93. The van der Waals surface area contributed by atoms with Gasteiger partial charge in [-0.1, -0.05) is 36.4 Å². The topological polar surface area (TPSA) is 58.8 Å². The molecular weight excluding hydrogens is 503 g/mol. The molecule has 0 spiro atoms. The van der Waals surface area contributed by atoms with Crippen molar-refractivity contribution in [1.29, 1.82) is 0 Å². The van der Waals surface area contributed by atoms with Gasteiger partial charge >= 0.3 is 6.36 Å². The predicted octanol–water partition coefficient (Wildman–Crippen LogP) is 6.57. The number of rotatable bonds is 7. The van der Waals surface area contributed by atoms with Crippen molar-refractivity contribution in [3.05, 3.63) is 83.4 Å². The Morgan fingerprint density at radius 1 is 1.08 bits per heavy atom. The monoisotopic (exact) mass is 527 g/mol. The number of hydrogen-bond donors (Lipinski definition) is 1. The van der Waals surface area contributed by atoms with Gasteiger partial charge in [0.1, 0.15) is 5.75 Å². The lowest BCUT2D eigenvalue weighted by molar-refractivity contribution is -0.274. The lowest BCUT2D eigenvalue weighted by Crippen LogP contribution is -2.25. The van der Waals surface area contributed by atoms with E-state index in [0.29, 0.717) is 39.2 Å². The first kappa shape index (κ1) is 25.0. The molecule has 0 aromatic heterocycles. The maximum atomic E-state index is 12.7. The van der Waals surface area contributed by atoms with Gasteiger partial charge in [0.25, 0.3) is 0 Å². The zero-order valence-corrected chi connectivity index (χ0v) is 20.8. The molecule has 2 N–H and O–H groups in total. The molecule has 1 amide bonds. The van der Waals surface area contributed by atoms with Gasteiger partial charge in [-0.2, -0.15) is 0 Å². The Hall–Kier alpha value is -3.65. The molecule has 192 valence electrons. The molecule has 1 saturated heterocycles. The van der Waals surface area contributed by atoms with Crippen LogP contribution < -0.4 is 20.3 Å². The third kappa shape index (κ3) is 5.25. The van der Waals surface area contributed by atoms with Crippen LogP contribution in [0.25, 0.3) is 16.8 Å².